The zero-order chi connectivity index (χ0) is 13.4. The minimum absolute atomic E-state index is 0.874. The van der Waals surface area contributed by atoms with Crippen molar-refractivity contribution in [3.8, 4) is 5.75 Å². The van der Waals surface area contributed by atoms with Gasteiger partial charge in [-0.2, -0.15) is 0 Å². The van der Waals surface area contributed by atoms with Crippen molar-refractivity contribution in [2.75, 3.05) is 33.2 Å². The van der Waals surface area contributed by atoms with Crippen molar-refractivity contribution in [3.63, 3.8) is 0 Å². The van der Waals surface area contributed by atoms with Gasteiger partial charge in [-0.25, -0.2) is 0 Å². The van der Waals surface area contributed by atoms with E-state index in [-0.39, 0.29) is 0 Å². The summed E-state index contributed by atoms with van der Waals surface area (Å²) in [6.45, 7) is 3.00. The van der Waals surface area contributed by atoms with E-state index in [2.05, 4.69) is 11.9 Å². The van der Waals surface area contributed by atoms with Gasteiger partial charge in [-0.3, -0.25) is 0 Å². The Balaban J connectivity index is 2.29. The molecule has 0 heterocycles. The number of hydrogen-bond donors (Lipinski definition) is 1. The van der Waals surface area contributed by atoms with Crippen LogP contribution in [0.3, 0.4) is 0 Å². The summed E-state index contributed by atoms with van der Waals surface area (Å²) in [6.07, 6.45) is 1.04. The van der Waals surface area contributed by atoms with Crippen LogP contribution < -0.4 is 10.1 Å². The lowest BCUT2D eigenvalue weighted by atomic mass is 10.3. The summed E-state index contributed by atoms with van der Waals surface area (Å²) < 4.78 is 16.0. The number of rotatable bonds is 8. The van der Waals surface area contributed by atoms with Crippen LogP contribution in [-0.4, -0.2) is 36.4 Å². The maximum atomic E-state index is 5.44. The second-order valence-electron chi connectivity index (χ2n) is 4.30. The molecule has 0 amide bonds. The van der Waals surface area contributed by atoms with Gasteiger partial charge in [0.1, 0.15) is 5.75 Å². The van der Waals surface area contributed by atoms with Crippen molar-refractivity contribution in [3.05, 3.63) is 24.3 Å². The molecule has 0 spiro atoms. The lowest BCUT2D eigenvalue weighted by Crippen LogP contribution is -2.36. The van der Waals surface area contributed by atoms with Crippen LogP contribution >= 0.6 is 0 Å². The highest BCUT2D eigenvalue weighted by atomic mass is 28.4. The molecule has 5 heteroatoms. The van der Waals surface area contributed by atoms with Crippen LogP contribution in [0.15, 0.2) is 24.3 Å². The maximum absolute atomic E-state index is 5.44. The topological polar surface area (TPSA) is 39.7 Å². The molecule has 0 bridgehead atoms. The molecule has 1 N–H and O–H groups in total. The lowest BCUT2D eigenvalue weighted by Gasteiger charge is -2.22. The summed E-state index contributed by atoms with van der Waals surface area (Å²) in [6, 6.07) is 8.92. The van der Waals surface area contributed by atoms with Crippen LogP contribution in [0.2, 0.25) is 12.6 Å². The molecule has 18 heavy (non-hydrogen) atoms. The van der Waals surface area contributed by atoms with Gasteiger partial charge in [0.25, 0.3) is 0 Å². The predicted molar refractivity (Wildman–Crippen MR) is 76.5 cm³/mol. The van der Waals surface area contributed by atoms with Crippen LogP contribution in [0.25, 0.3) is 0 Å². The zero-order valence-electron chi connectivity index (χ0n) is 11.7. The van der Waals surface area contributed by atoms with Gasteiger partial charge in [0.15, 0.2) is 0 Å². The van der Waals surface area contributed by atoms with Gasteiger partial charge in [-0.15, -0.1) is 0 Å². The highest BCUT2D eigenvalue weighted by Gasteiger charge is 2.27. The molecule has 102 valence electrons. The molecule has 1 aromatic rings. The van der Waals surface area contributed by atoms with Gasteiger partial charge in [0.05, 0.1) is 7.11 Å². The minimum Gasteiger partial charge on any atom is -0.497 e. The third kappa shape index (κ3) is 4.68. The van der Waals surface area contributed by atoms with E-state index in [1.54, 1.807) is 21.3 Å². The summed E-state index contributed by atoms with van der Waals surface area (Å²) in [5.41, 5.74) is 1.11. The smallest absolute Gasteiger partial charge is 0.334 e. The summed E-state index contributed by atoms with van der Waals surface area (Å²) >= 11 is 0. The first kappa shape index (κ1) is 15.0. The molecule has 0 fully saturated rings. The number of benzene rings is 1. The lowest BCUT2D eigenvalue weighted by molar-refractivity contribution is 0.249. The Kier molecular flexibility index (Phi) is 6.18. The first-order chi connectivity index (χ1) is 8.63. The molecule has 0 unspecified atom stereocenters. The largest absolute Gasteiger partial charge is 0.497 e. The van der Waals surface area contributed by atoms with Crippen LogP contribution in [0, 0.1) is 0 Å². The normalized spacial score (nSPS) is 11.3. The average Bonchev–Trinajstić information content (AvgIpc) is 2.44. The average molecular weight is 269 g/mol. The van der Waals surface area contributed by atoms with Crippen LogP contribution in [-0.2, 0) is 8.85 Å². The van der Waals surface area contributed by atoms with E-state index in [0.29, 0.717) is 0 Å². The summed E-state index contributed by atoms with van der Waals surface area (Å²) in [7, 11) is 3.22. The molecule has 1 aromatic carbocycles. The second kappa shape index (κ2) is 7.40. The summed E-state index contributed by atoms with van der Waals surface area (Å²) in [4.78, 5) is 0. The first-order valence-corrected chi connectivity index (χ1v) is 8.64. The van der Waals surface area contributed by atoms with Crippen molar-refractivity contribution in [1.82, 2.24) is 0 Å². The molecule has 0 aliphatic heterocycles. The Morgan fingerprint density at radius 3 is 2.17 bits per heavy atom. The molecular weight excluding hydrogens is 246 g/mol. The minimum atomic E-state index is -1.91. The molecule has 0 aromatic heterocycles. The monoisotopic (exact) mass is 269 g/mol. The van der Waals surface area contributed by atoms with Crippen LogP contribution in [0.4, 0.5) is 5.69 Å². The summed E-state index contributed by atoms with van der Waals surface area (Å²) in [5, 5.41) is 3.37. The van der Waals surface area contributed by atoms with Gasteiger partial charge < -0.3 is 18.9 Å². The van der Waals surface area contributed by atoms with Crippen molar-refractivity contribution in [1.29, 1.82) is 0 Å². The molecular formula is C13H23NO3Si. The van der Waals surface area contributed by atoms with E-state index in [1.807, 2.05) is 24.3 Å². The molecule has 4 nitrogen and oxygen atoms in total. The van der Waals surface area contributed by atoms with E-state index in [9.17, 15) is 0 Å². The molecule has 0 aliphatic carbocycles. The highest BCUT2D eigenvalue weighted by molar-refractivity contribution is 6.65. The third-order valence-corrected chi connectivity index (χ3v) is 6.08. The SMILES string of the molecule is COc1ccc(NCCC[Si](C)(OC)OC)cc1. The molecule has 0 atom stereocenters. The Morgan fingerprint density at radius 1 is 1.06 bits per heavy atom. The molecule has 0 aliphatic rings. The fourth-order valence-corrected chi connectivity index (χ4v) is 3.03. The van der Waals surface area contributed by atoms with E-state index in [1.165, 1.54) is 0 Å². The number of nitrogens with one attached hydrogen (secondary N) is 1. The Morgan fingerprint density at radius 2 is 1.67 bits per heavy atom. The Labute approximate surface area is 111 Å². The summed E-state index contributed by atoms with van der Waals surface area (Å²) in [5.74, 6) is 0.874. The number of ether oxygens (including phenoxy) is 1. The number of hydrogen-bond acceptors (Lipinski definition) is 4. The molecule has 0 saturated heterocycles. The number of anilines is 1. The Bertz CT molecular complexity index is 339. The van der Waals surface area contributed by atoms with Crippen LogP contribution in [0.5, 0.6) is 5.75 Å². The van der Waals surface area contributed by atoms with E-state index < -0.39 is 8.56 Å². The third-order valence-electron chi connectivity index (χ3n) is 3.09. The van der Waals surface area contributed by atoms with E-state index in [0.717, 1.165) is 30.4 Å². The van der Waals surface area contributed by atoms with Crippen molar-refractivity contribution in [2.24, 2.45) is 0 Å². The van der Waals surface area contributed by atoms with Crippen molar-refractivity contribution in [2.45, 2.75) is 19.0 Å². The van der Waals surface area contributed by atoms with Crippen LogP contribution in [0.1, 0.15) is 6.42 Å². The first-order valence-electron chi connectivity index (χ1n) is 6.12. The molecule has 1 rings (SSSR count). The molecule has 0 saturated carbocycles. The fourth-order valence-electron chi connectivity index (χ4n) is 1.64. The highest BCUT2D eigenvalue weighted by Crippen LogP contribution is 2.16. The van der Waals surface area contributed by atoms with Gasteiger partial charge in [-0.05, 0) is 43.3 Å². The number of methoxy groups -OCH3 is 1. The van der Waals surface area contributed by atoms with Crippen molar-refractivity contribution >= 4 is 14.2 Å². The van der Waals surface area contributed by atoms with E-state index >= 15 is 0 Å². The van der Waals surface area contributed by atoms with Gasteiger partial charge >= 0.3 is 8.56 Å². The Hall–Kier alpha value is -1.04. The van der Waals surface area contributed by atoms with Gasteiger partial charge in [-0.1, -0.05) is 0 Å². The van der Waals surface area contributed by atoms with Crippen molar-refractivity contribution < 1.29 is 13.6 Å². The van der Waals surface area contributed by atoms with Gasteiger partial charge in [0, 0.05) is 26.5 Å². The van der Waals surface area contributed by atoms with E-state index in [4.69, 9.17) is 13.6 Å². The van der Waals surface area contributed by atoms with Gasteiger partial charge in [0.2, 0.25) is 0 Å². The second-order valence-corrected chi connectivity index (χ2v) is 7.89. The predicted octanol–water partition coefficient (Wildman–Crippen LogP) is 2.86. The molecule has 0 radical (unpaired) electrons. The zero-order valence-corrected chi connectivity index (χ0v) is 12.7. The standard InChI is InChI=1S/C13H23NO3Si/c1-15-13-8-6-12(7-9-13)14-10-5-11-18(4,16-2)17-3/h6-9,14H,5,10-11H2,1-4H3. The quantitative estimate of drug-likeness (QED) is 0.582. The maximum Gasteiger partial charge on any atom is 0.334 e. The fraction of sp³-hybridized carbons (Fsp3) is 0.538.